The number of nitrogens with zero attached hydrogens (tertiary/aromatic N) is 3. The minimum atomic E-state index is 0.119. The van der Waals surface area contributed by atoms with Gasteiger partial charge in [-0.1, -0.05) is 36.5 Å². The summed E-state index contributed by atoms with van der Waals surface area (Å²) in [6.07, 6.45) is 6.31. The normalized spacial score (nSPS) is 21.9. The first kappa shape index (κ1) is 14.5. The highest BCUT2D eigenvalue weighted by molar-refractivity contribution is 7.16. The maximum atomic E-state index is 10.2. The van der Waals surface area contributed by atoms with Crippen molar-refractivity contribution in [3.63, 3.8) is 0 Å². The lowest BCUT2D eigenvalue weighted by atomic mass is 10.0. The molecule has 0 spiro atoms. The average molecular weight is 325 g/mol. The highest BCUT2D eigenvalue weighted by Gasteiger charge is 2.21. The lowest BCUT2D eigenvalue weighted by Crippen LogP contribution is -2.34. The van der Waals surface area contributed by atoms with Crippen molar-refractivity contribution in [3.8, 4) is 5.88 Å². The van der Waals surface area contributed by atoms with Gasteiger partial charge in [0, 0.05) is 30.4 Å². The maximum absolute atomic E-state index is 10.2. The minimum Gasteiger partial charge on any atom is -0.492 e. The number of allylic oxidation sites excluding steroid dienone is 1. The van der Waals surface area contributed by atoms with Crippen LogP contribution >= 0.6 is 11.3 Å². The van der Waals surface area contributed by atoms with Crippen molar-refractivity contribution in [2.75, 3.05) is 18.0 Å². The number of thiazole rings is 1. The summed E-state index contributed by atoms with van der Waals surface area (Å²) < 4.78 is 0. The third kappa shape index (κ3) is 2.77. The van der Waals surface area contributed by atoms with Crippen molar-refractivity contribution in [1.82, 2.24) is 4.98 Å². The summed E-state index contributed by atoms with van der Waals surface area (Å²) in [5, 5.41) is 11.1. The van der Waals surface area contributed by atoms with E-state index in [1.54, 1.807) is 11.3 Å². The predicted octanol–water partition coefficient (Wildman–Crippen LogP) is 4.34. The number of para-hydroxylation sites is 1. The first-order valence-electron chi connectivity index (χ1n) is 8.00. The molecule has 118 valence electrons. The molecule has 0 aliphatic carbocycles. The van der Waals surface area contributed by atoms with Gasteiger partial charge in [0.2, 0.25) is 5.88 Å². The fourth-order valence-corrected chi connectivity index (χ4v) is 4.15. The second-order valence-corrected chi connectivity index (χ2v) is 7.26. The second kappa shape index (κ2) is 5.81. The summed E-state index contributed by atoms with van der Waals surface area (Å²) in [5.41, 5.74) is 3.11. The summed E-state index contributed by atoms with van der Waals surface area (Å²) >= 11 is 1.56. The number of anilines is 1. The van der Waals surface area contributed by atoms with Gasteiger partial charge in [-0.15, -0.1) is 0 Å². The number of hydrogen-bond donors (Lipinski definition) is 1. The lowest BCUT2D eigenvalue weighted by molar-refractivity contribution is 0.438. The Balaban J connectivity index is 1.64. The molecule has 0 bridgehead atoms. The molecule has 1 atom stereocenters. The molecule has 0 amide bonds. The van der Waals surface area contributed by atoms with Crippen LogP contribution in [0.1, 0.15) is 30.2 Å². The van der Waals surface area contributed by atoms with Gasteiger partial charge in [-0.05, 0) is 30.9 Å². The number of fused-ring (bicyclic) bond motifs is 1. The first-order chi connectivity index (χ1) is 11.2. The third-order valence-electron chi connectivity index (χ3n) is 4.40. The van der Waals surface area contributed by atoms with E-state index in [1.807, 2.05) is 30.5 Å². The highest BCUT2D eigenvalue weighted by Crippen LogP contribution is 2.38. The van der Waals surface area contributed by atoms with Gasteiger partial charge in [0.05, 0.1) is 10.6 Å². The number of rotatable bonds is 2. The Morgan fingerprint density at radius 3 is 3.09 bits per heavy atom. The molecule has 1 aromatic heterocycles. The summed E-state index contributed by atoms with van der Waals surface area (Å²) in [6.45, 7) is 4.32. The van der Waals surface area contributed by atoms with E-state index in [9.17, 15) is 5.11 Å². The number of hydrogen-bond acceptors (Lipinski definition) is 5. The Labute approximate surface area is 139 Å². The zero-order valence-electron chi connectivity index (χ0n) is 13.1. The van der Waals surface area contributed by atoms with Gasteiger partial charge in [-0.2, -0.15) is 4.98 Å². The quantitative estimate of drug-likeness (QED) is 0.893. The van der Waals surface area contributed by atoms with E-state index < -0.39 is 0 Å². The van der Waals surface area contributed by atoms with Gasteiger partial charge in [0.25, 0.3) is 0 Å². The first-order valence-corrected chi connectivity index (χ1v) is 8.82. The van der Waals surface area contributed by atoms with Crippen LogP contribution in [0.4, 0.5) is 10.8 Å². The molecule has 3 heterocycles. The molecule has 1 fully saturated rings. The highest BCUT2D eigenvalue weighted by atomic mass is 32.1. The average Bonchev–Trinajstić information content (AvgIpc) is 3.13. The molecular formula is C18H19N3OS. The standard InChI is InChI=1S/C18H19N3OS/c1-12-5-4-8-21(11-12)18-20-17(22)16(23-18)9-13-10-19-15-7-3-2-6-14(13)15/h2-3,6-7,9-10,12,22H,4-5,8,11H2,1H3/b13-9+. The van der Waals surface area contributed by atoms with Gasteiger partial charge in [-0.3, -0.25) is 4.99 Å². The molecule has 1 aromatic carbocycles. The Morgan fingerprint density at radius 1 is 1.35 bits per heavy atom. The van der Waals surface area contributed by atoms with E-state index in [1.165, 1.54) is 12.8 Å². The molecule has 4 rings (SSSR count). The van der Waals surface area contributed by atoms with Gasteiger partial charge < -0.3 is 10.0 Å². The molecule has 2 aliphatic rings. The van der Waals surface area contributed by atoms with Crippen molar-refractivity contribution >= 4 is 40.0 Å². The summed E-state index contributed by atoms with van der Waals surface area (Å²) in [6, 6.07) is 8.05. The largest absolute Gasteiger partial charge is 0.492 e. The SMILES string of the molecule is CC1CCCN(c2nc(O)c(/C=C3\C=Nc4ccccc43)s2)C1. The molecule has 2 aromatic rings. The number of piperidine rings is 1. The smallest absolute Gasteiger partial charge is 0.231 e. The molecule has 23 heavy (non-hydrogen) atoms. The Bertz CT molecular complexity index is 793. The van der Waals surface area contributed by atoms with Crippen LogP contribution in [0.2, 0.25) is 0 Å². The van der Waals surface area contributed by atoms with E-state index in [0.29, 0.717) is 5.92 Å². The van der Waals surface area contributed by atoms with Crippen molar-refractivity contribution in [2.45, 2.75) is 19.8 Å². The fraction of sp³-hybridized carbons (Fsp3) is 0.333. The zero-order chi connectivity index (χ0) is 15.8. The lowest BCUT2D eigenvalue weighted by Gasteiger charge is -2.30. The Kier molecular flexibility index (Phi) is 3.65. The summed E-state index contributed by atoms with van der Waals surface area (Å²) in [5.74, 6) is 0.805. The Morgan fingerprint density at radius 2 is 2.22 bits per heavy atom. The second-order valence-electron chi connectivity index (χ2n) is 6.25. The van der Waals surface area contributed by atoms with Crippen molar-refractivity contribution in [3.05, 3.63) is 34.7 Å². The van der Waals surface area contributed by atoms with Crippen molar-refractivity contribution in [2.24, 2.45) is 10.9 Å². The van der Waals surface area contributed by atoms with E-state index >= 15 is 0 Å². The summed E-state index contributed by atoms with van der Waals surface area (Å²) in [4.78, 5) is 11.9. The van der Waals surface area contributed by atoms with E-state index in [2.05, 4.69) is 27.9 Å². The van der Waals surface area contributed by atoms with Crippen LogP contribution in [-0.4, -0.2) is 29.4 Å². The van der Waals surface area contributed by atoms with Gasteiger partial charge in [-0.25, -0.2) is 0 Å². The number of aliphatic imine (C=N–C) groups is 1. The molecule has 2 aliphatic heterocycles. The zero-order valence-corrected chi connectivity index (χ0v) is 13.9. The van der Waals surface area contributed by atoms with Crippen LogP contribution in [0.3, 0.4) is 0 Å². The molecule has 4 nitrogen and oxygen atoms in total. The number of benzene rings is 1. The predicted molar refractivity (Wildman–Crippen MR) is 96.9 cm³/mol. The topological polar surface area (TPSA) is 48.7 Å². The molecule has 0 saturated carbocycles. The van der Waals surface area contributed by atoms with Crippen LogP contribution in [0, 0.1) is 5.92 Å². The van der Waals surface area contributed by atoms with E-state index in [0.717, 1.165) is 39.9 Å². The van der Waals surface area contributed by atoms with Crippen LogP contribution in [-0.2, 0) is 0 Å². The molecule has 1 saturated heterocycles. The Hall–Kier alpha value is -2.14. The van der Waals surface area contributed by atoms with Gasteiger partial charge >= 0.3 is 0 Å². The molecule has 5 heteroatoms. The molecule has 1 unspecified atom stereocenters. The van der Waals surface area contributed by atoms with Gasteiger partial charge in [0.1, 0.15) is 0 Å². The van der Waals surface area contributed by atoms with E-state index in [4.69, 9.17) is 0 Å². The molecular weight excluding hydrogens is 306 g/mol. The van der Waals surface area contributed by atoms with Crippen LogP contribution < -0.4 is 4.90 Å². The van der Waals surface area contributed by atoms with Crippen LogP contribution in [0.25, 0.3) is 11.6 Å². The molecule has 0 radical (unpaired) electrons. The monoisotopic (exact) mass is 325 g/mol. The number of aromatic hydroxyl groups is 1. The van der Waals surface area contributed by atoms with Crippen LogP contribution in [0.15, 0.2) is 29.3 Å². The van der Waals surface area contributed by atoms with Crippen molar-refractivity contribution < 1.29 is 5.11 Å². The number of aromatic nitrogens is 1. The van der Waals surface area contributed by atoms with E-state index in [-0.39, 0.29) is 5.88 Å². The van der Waals surface area contributed by atoms with Gasteiger partial charge in [0.15, 0.2) is 5.13 Å². The minimum absolute atomic E-state index is 0.119. The molecule has 1 N–H and O–H groups in total. The fourth-order valence-electron chi connectivity index (χ4n) is 3.20. The van der Waals surface area contributed by atoms with Crippen LogP contribution in [0.5, 0.6) is 5.88 Å². The maximum Gasteiger partial charge on any atom is 0.231 e. The van der Waals surface area contributed by atoms with Crippen molar-refractivity contribution in [1.29, 1.82) is 0 Å². The summed E-state index contributed by atoms with van der Waals surface area (Å²) in [7, 11) is 0. The third-order valence-corrected chi connectivity index (χ3v) is 5.45.